The van der Waals surface area contributed by atoms with Crippen molar-refractivity contribution in [1.82, 2.24) is 0 Å². The number of halogens is 3. The van der Waals surface area contributed by atoms with Gasteiger partial charge in [-0.1, -0.05) is 86.0 Å². The molecule has 6 aromatic rings. The number of carbonyl (C=O) groups is 1. The van der Waals surface area contributed by atoms with Gasteiger partial charge in [-0.25, -0.2) is 4.39 Å². The van der Waals surface area contributed by atoms with Crippen LogP contribution in [0.5, 0.6) is 0 Å². The quantitative estimate of drug-likeness (QED) is 0.156. The first-order chi connectivity index (χ1) is 20.7. The highest BCUT2D eigenvalue weighted by Gasteiger charge is 2.15. The SMILES string of the molecule is Cc1ccc(-c2ccc(Cc3cc(Br)ccc3C)s2)cc1.Cc1ccc(Br)cc1C(=O)c1ccc(-c2ccc(F)cc2)s1. The van der Waals surface area contributed by atoms with Crippen LogP contribution in [0.15, 0.2) is 118 Å². The number of rotatable bonds is 6. The highest BCUT2D eigenvalue weighted by molar-refractivity contribution is 9.10. The third kappa shape index (κ3) is 8.07. The van der Waals surface area contributed by atoms with E-state index in [2.05, 4.69) is 100 Å². The fourth-order valence-corrected chi connectivity index (χ4v) is 7.34. The lowest BCUT2D eigenvalue weighted by Crippen LogP contribution is -2.01. The lowest BCUT2D eigenvalue weighted by atomic mass is 10.0. The molecule has 2 heterocycles. The standard InChI is InChI=1S/C19H17BrS.C18H12BrFOS/c1-13-3-6-15(7-4-13)19-10-9-18(21-19)12-16-11-17(20)8-5-14(16)2;1-11-2-5-13(19)10-15(11)18(21)17-9-8-16(22-17)12-3-6-14(20)7-4-12/h3-11H,12H2,1-2H3;2-10H,1H3. The van der Waals surface area contributed by atoms with Crippen LogP contribution >= 0.6 is 54.5 Å². The van der Waals surface area contributed by atoms with E-state index in [9.17, 15) is 9.18 Å². The zero-order valence-corrected chi connectivity index (χ0v) is 28.8. The second kappa shape index (κ2) is 14.1. The molecule has 0 aliphatic rings. The summed E-state index contributed by atoms with van der Waals surface area (Å²) < 4.78 is 15.0. The Bertz CT molecular complexity index is 1870. The van der Waals surface area contributed by atoms with Crippen LogP contribution in [-0.4, -0.2) is 5.78 Å². The van der Waals surface area contributed by atoms with Gasteiger partial charge in [0, 0.05) is 35.6 Å². The highest BCUT2D eigenvalue weighted by Crippen LogP contribution is 2.32. The van der Waals surface area contributed by atoms with E-state index in [1.54, 1.807) is 12.1 Å². The Morgan fingerprint density at radius 1 is 0.651 bits per heavy atom. The third-order valence-electron chi connectivity index (χ3n) is 7.08. The Morgan fingerprint density at radius 2 is 1.23 bits per heavy atom. The minimum Gasteiger partial charge on any atom is -0.288 e. The van der Waals surface area contributed by atoms with E-state index in [4.69, 9.17) is 0 Å². The van der Waals surface area contributed by atoms with E-state index >= 15 is 0 Å². The van der Waals surface area contributed by atoms with Crippen LogP contribution < -0.4 is 0 Å². The first kappa shape index (κ1) is 31.3. The second-order valence-electron chi connectivity index (χ2n) is 10.3. The predicted molar refractivity (Wildman–Crippen MR) is 188 cm³/mol. The summed E-state index contributed by atoms with van der Waals surface area (Å²) in [5.74, 6) is -0.251. The largest absolute Gasteiger partial charge is 0.288 e. The van der Waals surface area contributed by atoms with E-state index in [0.29, 0.717) is 10.4 Å². The van der Waals surface area contributed by atoms with Gasteiger partial charge in [-0.3, -0.25) is 4.79 Å². The van der Waals surface area contributed by atoms with Crippen molar-refractivity contribution >= 4 is 60.3 Å². The minimum atomic E-state index is -0.263. The van der Waals surface area contributed by atoms with Crippen LogP contribution in [0.4, 0.5) is 4.39 Å². The minimum absolute atomic E-state index is 0.0113. The molecule has 0 radical (unpaired) electrons. The molecule has 0 saturated heterocycles. The molecule has 4 aromatic carbocycles. The van der Waals surface area contributed by atoms with Crippen LogP contribution in [0.3, 0.4) is 0 Å². The van der Waals surface area contributed by atoms with E-state index < -0.39 is 0 Å². The molecule has 6 heteroatoms. The molecule has 216 valence electrons. The highest BCUT2D eigenvalue weighted by atomic mass is 79.9. The van der Waals surface area contributed by atoms with Crippen molar-refractivity contribution in [3.05, 3.63) is 162 Å². The molecule has 0 aliphatic carbocycles. The molecule has 0 amide bonds. The summed E-state index contributed by atoms with van der Waals surface area (Å²) in [7, 11) is 0. The molecule has 1 nitrogen and oxygen atoms in total. The molecule has 6 rings (SSSR count). The van der Waals surface area contributed by atoms with Crippen molar-refractivity contribution < 1.29 is 9.18 Å². The number of benzene rings is 4. The number of ketones is 1. The van der Waals surface area contributed by atoms with Crippen molar-refractivity contribution in [2.24, 2.45) is 0 Å². The lowest BCUT2D eigenvalue weighted by molar-refractivity contribution is 0.104. The summed E-state index contributed by atoms with van der Waals surface area (Å²) in [5.41, 5.74) is 7.91. The molecule has 43 heavy (non-hydrogen) atoms. The smallest absolute Gasteiger partial charge is 0.203 e. The predicted octanol–water partition coefficient (Wildman–Crippen LogP) is 12.2. The van der Waals surface area contributed by atoms with Crippen molar-refractivity contribution in [1.29, 1.82) is 0 Å². The van der Waals surface area contributed by atoms with Crippen LogP contribution in [-0.2, 0) is 6.42 Å². The van der Waals surface area contributed by atoms with Crippen LogP contribution in [0.1, 0.15) is 42.4 Å². The van der Waals surface area contributed by atoms with Gasteiger partial charge in [0.15, 0.2) is 0 Å². The van der Waals surface area contributed by atoms with Crippen molar-refractivity contribution in [2.75, 3.05) is 0 Å². The molecule has 0 N–H and O–H groups in total. The van der Waals surface area contributed by atoms with Gasteiger partial charge < -0.3 is 0 Å². The Morgan fingerprint density at radius 3 is 1.93 bits per heavy atom. The maximum absolute atomic E-state index is 13.0. The van der Waals surface area contributed by atoms with Crippen LogP contribution in [0.25, 0.3) is 20.9 Å². The van der Waals surface area contributed by atoms with Gasteiger partial charge in [-0.2, -0.15) is 0 Å². The molecule has 0 aliphatic heterocycles. The van der Waals surface area contributed by atoms with Gasteiger partial charge in [0.05, 0.1) is 4.88 Å². The molecule has 0 fully saturated rings. The summed E-state index contributed by atoms with van der Waals surface area (Å²) >= 11 is 10.3. The fraction of sp³-hybridized carbons (Fsp3) is 0.108. The summed E-state index contributed by atoms with van der Waals surface area (Å²) in [5, 5.41) is 0. The molecule has 0 bridgehead atoms. The zero-order valence-electron chi connectivity index (χ0n) is 24.0. The Labute approximate surface area is 277 Å². The van der Waals surface area contributed by atoms with Crippen molar-refractivity contribution in [3.8, 4) is 20.9 Å². The summed E-state index contributed by atoms with van der Waals surface area (Å²) in [6.45, 7) is 6.23. The van der Waals surface area contributed by atoms with Crippen molar-refractivity contribution in [3.63, 3.8) is 0 Å². The van der Waals surface area contributed by atoms with Crippen molar-refractivity contribution in [2.45, 2.75) is 27.2 Å². The average molecular weight is 733 g/mol. The van der Waals surface area contributed by atoms with Crippen LogP contribution in [0, 0.1) is 26.6 Å². The average Bonchev–Trinajstić information content (AvgIpc) is 3.68. The number of hydrogen-bond acceptors (Lipinski definition) is 3. The number of carbonyl (C=O) groups excluding carboxylic acids is 1. The van der Waals surface area contributed by atoms with Crippen LogP contribution in [0.2, 0.25) is 0 Å². The first-order valence-electron chi connectivity index (χ1n) is 13.7. The van der Waals surface area contributed by atoms with Gasteiger partial charge in [0.25, 0.3) is 0 Å². The maximum Gasteiger partial charge on any atom is 0.203 e. The Balaban J connectivity index is 0.000000171. The van der Waals surface area contributed by atoms with E-state index in [1.807, 2.05) is 48.6 Å². The molecule has 0 saturated carbocycles. The van der Waals surface area contributed by atoms with E-state index in [0.717, 1.165) is 31.4 Å². The van der Waals surface area contributed by atoms with Gasteiger partial charge >= 0.3 is 0 Å². The maximum atomic E-state index is 13.0. The molecule has 2 aromatic heterocycles. The van der Waals surface area contributed by atoms with Gasteiger partial charge in [0.1, 0.15) is 5.82 Å². The molecular formula is C37H29Br2FOS2. The second-order valence-corrected chi connectivity index (χ2v) is 14.4. The molecule has 0 unspecified atom stereocenters. The Hall–Kier alpha value is -3.16. The summed E-state index contributed by atoms with van der Waals surface area (Å²) in [6.07, 6.45) is 1.00. The van der Waals surface area contributed by atoms with Gasteiger partial charge in [-0.05, 0) is 109 Å². The summed E-state index contributed by atoms with van der Waals surface area (Å²) in [4.78, 5) is 17.0. The van der Waals surface area contributed by atoms with Gasteiger partial charge in [-0.15, -0.1) is 22.7 Å². The van der Waals surface area contributed by atoms with E-state index in [-0.39, 0.29) is 11.6 Å². The normalized spacial score (nSPS) is 10.7. The van der Waals surface area contributed by atoms with Gasteiger partial charge in [0.2, 0.25) is 5.78 Å². The number of aryl methyl sites for hydroxylation is 3. The third-order valence-corrected chi connectivity index (χ3v) is 10.3. The molecular weight excluding hydrogens is 703 g/mol. The fourth-order valence-electron chi connectivity index (χ4n) is 4.56. The number of thiophene rings is 2. The summed E-state index contributed by atoms with van der Waals surface area (Å²) in [6, 6.07) is 35.4. The number of hydrogen-bond donors (Lipinski definition) is 0. The molecule has 0 atom stereocenters. The first-order valence-corrected chi connectivity index (χ1v) is 17.0. The zero-order chi connectivity index (χ0) is 30.5. The van der Waals surface area contributed by atoms with E-state index in [1.165, 1.54) is 55.5 Å². The topological polar surface area (TPSA) is 17.1 Å². The molecule has 0 spiro atoms. The monoisotopic (exact) mass is 730 g/mol. The Kier molecular flexibility index (Phi) is 10.2. The lowest BCUT2D eigenvalue weighted by Gasteiger charge is -2.05.